The molecule has 0 aliphatic carbocycles. The van der Waals surface area contributed by atoms with E-state index < -0.39 is 0 Å². The molecule has 118 valence electrons. The lowest BCUT2D eigenvalue weighted by atomic mass is 10.2. The summed E-state index contributed by atoms with van der Waals surface area (Å²) in [6, 6.07) is 7.44. The molecule has 1 amide bonds. The molecule has 2 aromatic heterocycles. The summed E-state index contributed by atoms with van der Waals surface area (Å²) in [5, 5.41) is 3.73. The second-order valence-corrected chi connectivity index (χ2v) is 6.80. The van der Waals surface area contributed by atoms with Crippen LogP contribution in [-0.2, 0) is 4.79 Å². The molecule has 7 nitrogen and oxygen atoms in total. The van der Waals surface area contributed by atoms with Crippen LogP contribution in [0.4, 0.5) is 16.8 Å². The molecule has 0 aliphatic rings. The molecule has 0 aliphatic heterocycles. The predicted molar refractivity (Wildman–Crippen MR) is 94.6 cm³/mol. The summed E-state index contributed by atoms with van der Waals surface area (Å²) in [6.45, 7) is 2.02. The highest BCUT2D eigenvalue weighted by atomic mass is 32.2. The van der Waals surface area contributed by atoms with E-state index in [1.807, 2.05) is 25.1 Å². The van der Waals surface area contributed by atoms with E-state index in [-0.39, 0.29) is 23.3 Å². The molecular weight excluding hydrogens is 332 g/mol. The Hall–Kier alpha value is -2.39. The number of carbonyl (C=O) groups is 1. The van der Waals surface area contributed by atoms with Gasteiger partial charge >= 0.3 is 0 Å². The molecule has 0 saturated heterocycles. The van der Waals surface area contributed by atoms with Crippen molar-refractivity contribution in [3.8, 4) is 0 Å². The number of amides is 1. The van der Waals surface area contributed by atoms with Crippen LogP contribution in [0.5, 0.6) is 0 Å². The van der Waals surface area contributed by atoms with Crippen molar-refractivity contribution < 1.29 is 4.79 Å². The Morgan fingerprint density at radius 3 is 2.70 bits per heavy atom. The van der Waals surface area contributed by atoms with Crippen LogP contribution in [0.2, 0.25) is 0 Å². The van der Waals surface area contributed by atoms with Crippen molar-refractivity contribution in [1.29, 1.82) is 0 Å². The number of anilines is 3. The number of nitrogens with zero attached hydrogens (tertiary/aromatic N) is 3. The Balaban J connectivity index is 1.64. The molecule has 1 aromatic carbocycles. The maximum absolute atomic E-state index is 12.0. The fraction of sp³-hybridized carbons (Fsp3) is 0.143. The van der Waals surface area contributed by atoms with E-state index in [4.69, 9.17) is 11.5 Å². The standard InChI is InChI=1S/C14H14N6OS2/c1-7-2-3-8-9(4-7)23-14(17-8)20-12(21)6-22-13-18-10(15)5-11(16)19-13/h2-5H,6H2,1H3,(H,17,20,21)(H4,15,16,18,19). The lowest BCUT2D eigenvalue weighted by Crippen LogP contribution is -2.14. The molecule has 0 bridgehead atoms. The molecule has 3 rings (SSSR count). The number of benzene rings is 1. The molecule has 0 spiro atoms. The molecule has 0 fully saturated rings. The van der Waals surface area contributed by atoms with Gasteiger partial charge in [0.1, 0.15) is 11.6 Å². The molecule has 0 unspecified atom stereocenters. The Morgan fingerprint density at radius 2 is 1.96 bits per heavy atom. The smallest absolute Gasteiger partial charge is 0.236 e. The highest BCUT2D eigenvalue weighted by Gasteiger charge is 2.10. The number of hydrogen-bond donors (Lipinski definition) is 3. The van der Waals surface area contributed by atoms with Crippen LogP contribution in [0.3, 0.4) is 0 Å². The molecule has 0 saturated carbocycles. The maximum Gasteiger partial charge on any atom is 0.236 e. The number of thiazole rings is 1. The average Bonchev–Trinajstić information content (AvgIpc) is 2.85. The van der Waals surface area contributed by atoms with Gasteiger partial charge < -0.3 is 16.8 Å². The highest BCUT2D eigenvalue weighted by Crippen LogP contribution is 2.27. The minimum atomic E-state index is -0.185. The van der Waals surface area contributed by atoms with E-state index in [0.29, 0.717) is 10.3 Å². The first-order chi connectivity index (χ1) is 11.0. The zero-order chi connectivity index (χ0) is 16.4. The van der Waals surface area contributed by atoms with E-state index in [1.165, 1.54) is 29.2 Å². The molecule has 5 N–H and O–H groups in total. The topological polar surface area (TPSA) is 120 Å². The van der Waals surface area contributed by atoms with Gasteiger partial charge in [0.2, 0.25) is 5.91 Å². The summed E-state index contributed by atoms with van der Waals surface area (Å²) in [5.74, 6) is 0.525. The normalized spacial score (nSPS) is 10.8. The van der Waals surface area contributed by atoms with Gasteiger partial charge in [-0.05, 0) is 24.6 Å². The number of nitrogens with two attached hydrogens (primary N) is 2. The summed E-state index contributed by atoms with van der Waals surface area (Å²) in [7, 11) is 0. The Bertz CT molecular complexity index is 859. The average molecular weight is 346 g/mol. The molecule has 9 heteroatoms. The lowest BCUT2D eigenvalue weighted by molar-refractivity contribution is -0.113. The third kappa shape index (κ3) is 3.88. The van der Waals surface area contributed by atoms with Gasteiger partial charge in [0.05, 0.1) is 16.0 Å². The fourth-order valence-corrected chi connectivity index (χ4v) is 3.55. The second-order valence-electron chi connectivity index (χ2n) is 4.83. The van der Waals surface area contributed by atoms with Gasteiger partial charge in [0, 0.05) is 6.07 Å². The number of nitrogens with one attached hydrogen (secondary N) is 1. The van der Waals surface area contributed by atoms with Crippen molar-refractivity contribution >= 4 is 56.0 Å². The lowest BCUT2D eigenvalue weighted by Gasteiger charge is -2.02. The van der Waals surface area contributed by atoms with Gasteiger partial charge in [-0.3, -0.25) is 4.79 Å². The number of aromatic nitrogens is 3. The van der Waals surface area contributed by atoms with Crippen molar-refractivity contribution in [2.75, 3.05) is 22.5 Å². The first-order valence-electron chi connectivity index (χ1n) is 6.69. The monoisotopic (exact) mass is 346 g/mol. The predicted octanol–water partition coefficient (Wildman–Crippen LogP) is 2.29. The molecule has 2 heterocycles. The van der Waals surface area contributed by atoms with Crippen LogP contribution in [-0.4, -0.2) is 26.6 Å². The molecule has 3 aromatic rings. The number of thioether (sulfide) groups is 1. The van der Waals surface area contributed by atoms with Crippen molar-refractivity contribution in [2.45, 2.75) is 12.1 Å². The van der Waals surface area contributed by atoms with Gasteiger partial charge in [0.25, 0.3) is 0 Å². The minimum Gasteiger partial charge on any atom is -0.383 e. The second kappa shape index (κ2) is 6.39. The van der Waals surface area contributed by atoms with Crippen LogP contribution in [0.25, 0.3) is 10.2 Å². The highest BCUT2D eigenvalue weighted by molar-refractivity contribution is 7.99. The number of aryl methyl sites for hydroxylation is 1. The Labute approximate surface area is 140 Å². The molecule has 0 radical (unpaired) electrons. The summed E-state index contributed by atoms with van der Waals surface area (Å²) in [4.78, 5) is 24.4. The van der Waals surface area contributed by atoms with E-state index >= 15 is 0 Å². The van der Waals surface area contributed by atoms with Crippen molar-refractivity contribution in [2.24, 2.45) is 0 Å². The summed E-state index contributed by atoms with van der Waals surface area (Å²) < 4.78 is 1.04. The SMILES string of the molecule is Cc1ccc2nc(NC(=O)CSc3nc(N)cc(N)n3)sc2c1. The van der Waals surface area contributed by atoms with Gasteiger partial charge in [-0.15, -0.1) is 0 Å². The van der Waals surface area contributed by atoms with Crippen LogP contribution in [0.1, 0.15) is 5.56 Å². The first kappa shape index (κ1) is 15.5. The summed E-state index contributed by atoms with van der Waals surface area (Å²) >= 11 is 2.61. The largest absolute Gasteiger partial charge is 0.383 e. The first-order valence-corrected chi connectivity index (χ1v) is 8.50. The summed E-state index contributed by atoms with van der Waals surface area (Å²) in [6.07, 6.45) is 0. The van der Waals surface area contributed by atoms with E-state index in [2.05, 4.69) is 20.3 Å². The van der Waals surface area contributed by atoms with Crippen LogP contribution < -0.4 is 16.8 Å². The third-order valence-electron chi connectivity index (χ3n) is 2.87. The van der Waals surface area contributed by atoms with Gasteiger partial charge in [0.15, 0.2) is 10.3 Å². The van der Waals surface area contributed by atoms with Gasteiger partial charge in [-0.2, -0.15) is 0 Å². The zero-order valence-corrected chi connectivity index (χ0v) is 13.9. The number of rotatable bonds is 4. The van der Waals surface area contributed by atoms with Gasteiger partial charge in [-0.25, -0.2) is 15.0 Å². The number of fused-ring (bicyclic) bond motifs is 1. The quantitative estimate of drug-likeness (QED) is 0.489. The number of nitrogen functional groups attached to an aromatic ring is 2. The van der Waals surface area contributed by atoms with Crippen molar-refractivity contribution in [3.63, 3.8) is 0 Å². The number of hydrogen-bond acceptors (Lipinski definition) is 8. The van der Waals surface area contributed by atoms with E-state index in [1.54, 1.807) is 0 Å². The van der Waals surface area contributed by atoms with Crippen LogP contribution in [0.15, 0.2) is 29.4 Å². The minimum absolute atomic E-state index is 0.151. The van der Waals surface area contributed by atoms with Crippen molar-refractivity contribution in [3.05, 3.63) is 29.8 Å². The molecular formula is C14H14N6OS2. The van der Waals surface area contributed by atoms with E-state index in [0.717, 1.165) is 15.8 Å². The summed E-state index contributed by atoms with van der Waals surface area (Å²) in [5.41, 5.74) is 13.2. The van der Waals surface area contributed by atoms with Crippen molar-refractivity contribution in [1.82, 2.24) is 15.0 Å². The molecule has 23 heavy (non-hydrogen) atoms. The Morgan fingerprint density at radius 1 is 1.22 bits per heavy atom. The molecule has 0 atom stereocenters. The van der Waals surface area contributed by atoms with Gasteiger partial charge in [-0.1, -0.05) is 29.2 Å². The zero-order valence-electron chi connectivity index (χ0n) is 12.2. The van der Waals surface area contributed by atoms with Crippen LogP contribution in [0, 0.1) is 6.92 Å². The Kier molecular flexibility index (Phi) is 4.30. The number of carbonyl (C=O) groups excluding carboxylic acids is 1. The van der Waals surface area contributed by atoms with E-state index in [9.17, 15) is 4.79 Å². The third-order valence-corrected chi connectivity index (χ3v) is 4.65. The van der Waals surface area contributed by atoms with Crippen LogP contribution >= 0.6 is 23.1 Å². The maximum atomic E-state index is 12.0. The fourth-order valence-electron chi connectivity index (χ4n) is 1.90.